The van der Waals surface area contributed by atoms with Crippen LogP contribution >= 0.6 is 11.8 Å². The highest BCUT2D eigenvalue weighted by Gasteiger charge is 2.32. The van der Waals surface area contributed by atoms with Crippen molar-refractivity contribution in [3.05, 3.63) is 23.8 Å². The number of thioether (sulfide) groups is 1. The Morgan fingerprint density at radius 3 is 2.68 bits per heavy atom. The van der Waals surface area contributed by atoms with E-state index in [1.54, 1.807) is 32.6 Å². The molecule has 0 saturated carbocycles. The monoisotopic (exact) mass is 321 g/mol. The Kier molecular flexibility index (Phi) is 5.43. The van der Waals surface area contributed by atoms with Crippen molar-refractivity contribution < 1.29 is 14.3 Å². The Hall–Kier alpha value is -2.02. The van der Waals surface area contributed by atoms with Gasteiger partial charge in [-0.3, -0.25) is 4.79 Å². The van der Waals surface area contributed by atoms with E-state index in [0.29, 0.717) is 16.7 Å². The largest absolute Gasteiger partial charge is 0.497 e. The summed E-state index contributed by atoms with van der Waals surface area (Å²) in [5.74, 6) is 1.61. The molecule has 1 atom stereocenters. The van der Waals surface area contributed by atoms with Gasteiger partial charge >= 0.3 is 0 Å². The molecule has 22 heavy (non-hydrogen) atoms. The fourth-order valence-electron chi connectivity index (χ4n) is 1.95. The minimum Gasteiger partial charge on any atom is -0.497 e. The molecule has 0 bridgehead atoms. The van der Waals surface area contributed by atoms with Crippen molar-refractivity contribution >= 4 is 29.1 Å². The van der Waals surface area contributed by atoms with Crippen LogP contribution < -0.4 is 14.8 Å². The summed E-state index contributed by atoms with van der Waals surface area (Å²) in [6.07, 6.45) is 1.57. The number of ether oxygens (including phenoxy) is 2. The lowest BCUT2D eigenvalue weighted by Crippen LogP contribution is -2.27. The van der Waals surface area contributed by atoms with E-state index in [4.69, 9.17) is 9.47 Å². The molecule has 118 valence electrons. The maximum Gasteiger partial charge on any atom is 0.239 e. The third kappa shape index (κ3) is 3.79. The zero-order valence-electron chi connectivity index (χ0n) is 13.0. The third-order valence-corrected chi connectivity index (χ3v) is 4.53. The molecule has 7 heteroatoms. The summed E-state index contributed by atoms with van der Waals surface area (Å²) in [4.78, 5) is 11.7. The average molecular weight is 321 g/mol. The highest BCUT2D eigenvalue weighted by Crippen LogP contribution is 2.26. The summed E-state index contributed by atoms with van der Waals surface area (Å²) in [5.41, 5.74) is 0.751. The molecule has 1 aliphatic rings. The van der Waals surface area contributed by atoms with Gasteiger partial charge in [0.15, 0.2) is 5.17 Å². The van der Waals surface area contributed by atoms with Gasteiger partial charge in [-0.05, 0) is 24.1 Å². The van der Waals surface area contributed by atoms with E-state index in [1.807, 2.05) is 19.9 Å². The van der Waals surface area contributed by atoms with Crippen molar-refractivity contribution in [2.75, 3.05) is 14.2 Å². The standard InChI is InChI=1S/C15H19N3O3S/c1-9(2)13-14(19)17-15(22-13)18-16-8-10-7-11(20-3)5-6-12(10)21-4/h5-9,13H,1-4H3,(H,17,18,19)/b16-8+. The number of hydrogen-bond donors (Lipinski definition) is 1. The molecule has 1 N–H and O–H groups in total. The van der Waals surface area contributed by atoms with E-state index in [9.17, 15) is 4.79 Å². The van der Waals surface area contributed by atoms with Crippen molar-refractivity contribution in [1.29, 1.82) is 0 Å². The van der Waals surface area contributed by atoms with Gasteiger partial charge in [0, 0.05) is 5.56 Å². The van der Waals surface area contributed by atoms with Crippen molar-refractivity contribution in [3.8, 4) is 11.5 Å². The van der Waals surface area contributed by atoms with Gasteiger partial charge in [-0.25, -0.2) is 0 Å². The van der Waals surface area contributed by atoms with Crippen LogP contribution in [0.3, 0.4) is 0 Å². The molecule has 1 unspecified atom stereocenters. The molecule has 1 amide bonds. The summed E-state index contributed by atoms with van der Waals surface area (Å²) in [5, 5.41) is 11.2. The number of nitrogens with zero attached hydrogens (tertiary/aromatic N) is 2. The lowest BCUT2D eigenvalue weighted by atomic mass is 10.1. The summed E-state index contributed by atoms with van der Waals surface area (Å²) in [6.45, 7) is 4.01. The molecule has 6 nitrogen and oxygen atoms in total. The molecule has 2 rings (SSSR count). The number of amides is 1. The Morgan fingerprint density at radius 2 is 2.09 bits per heavy atom. The number of carbonyl (C=O) groups excluding carboxylic acids is 1. The maximum absolute atomic E-state index is 11.7. The van der Waals surface area contributed by atoms with E-state index < -0.39 is 0 Å². The van der Waals surface area contributed by atoms with Crippen molar-refractivity contribution in [2.24, 2.45) is 16.1 Å². The summed E-state index contributed by atoms with van der Waals surface area (Å²) in [7, 11) is 3.19. The van der Waals surface area contributed by atoms with Crippen molar-refractivity contribution in [1.82, 2.24) is 5.32 Å². The summed E-state index contributed by atoms with van der Waals surface area (Å²) >= 11 is 1.40. The van der Waals surface area contributed by atoms with Crippen molar-refractivity contribution in [3.63, 3.8) is 0 Å². The lowest BCUT2D eigenvalue weighted by molar-refractivity contribution is -0.119. The first-order valence-corrected chi connectivity index (χ1v) is 7.73. The number of methoxy groups -OCH3 is 2. The van der Waals surface area contributed by atoms with E-state index in [1.165, 1.54) is 11.8 Å². The fourth-order valence-corrected chi connectivity index (χ4v) is 2.88. The number of amidine groups is 1. The van der Waals surface area contributed by atoms with Gasteiger partial charge in [-0.2, -0.15) is 5.10 Å². The minimum atomic E-state index is -0.111. The minimum absolute atomic E-state index is 0.0205. The molecular formula is C15H19N3O3S. The molecule has 1 aliphatic heterocycles. The molecule has 1 aromatic rings. The van der Waals surface area contributed by atoms with Gasteiger partial charge in [0.05, 0.1) is 25.7 Å². The molecule has 0 radical (unpaired) electrons. The number of carbonyl (C=O) groups is 1. The SMILES string of the molecule is COc1ccc(OC)c(/C=N/N=C2\NC(=O)C(C(C)C)S2)c1. The van der Waals surface area contributed by atoms with Gasteiger partial charge in [0.1, 0.15) is 11.5 Å². The van der Waals surface area contributed by atoms with E-state index >= 15 is 0 Å². The molecule has 0 spiro atoms. The topological polar surface area (TPSA) is 72.3 Å². The van der Waals surface area contributed by atoms with Crippen LogP contribution in [0.25, 0.3) is 0 Å². The zero-order valence-corrected chi connectivity index (χ0v) is 13.8. The van der Waals surface area contributed by atoms with Crippen LogP contribution in [0.1, 0.15) is 19.4 Å². The second-order valence-electron chi connectivity index (χ2n) is 5.03. The Balaban J connectivity index is 2.13. The third-order valence-electron chi connectivity index (χ3n) is 3.11. The van der Waals surface area contributed by atoms with Crippen LogP contribution in [0.2, 0.25) is 0 Å². The van der Waals surface area contributed by atoms with Crippen LogP contribution in [0.5, 0.6) is 11.5 Å². The first-order chi connectivity index (χ1) is 10.5. The van der Waals surface area contributed by atoms with Gasteiger partial charge < -0.3 is 14.8 Å². The first kappa shape index (κ1) is 16.4. The normalized spacial score (nSPS) is 20.0. The smallest absolute Gasteiger partial charge is 0.239 e. The van der Waals surface area contributed by atoms with Crippen LogP contribution in [-0.2, 0) is 4.79 Å². The lowest BCUT2D eigenvalue weighted by Gasteiger charge is -2.07. The van der Waals surface area contributed by atoms with Crippen LogP contribution in [0, 0.1) is 5.92 Å². The quantitative estimate of drug-likeness (QED) is 0.667. The zero-order chi connectivity index (χ0) is 16.1. The van der Waals surface area contributed by atoms with Gasteiger partial charge in [-0.15, -0.1) is 5.10 Å². The number of rotatable bonds is 5. The van der Waals surface area contributed by atoms with Gasteiger partial charge in [0.2, 0.25) is 5.91 Å². The number of nitrogens with one attached hydrogen (secondary N) is 1. The van der Waals surface area contributed by atoms with E-state index in [2.05, 4.69) is 15.5 Å². The molecule has 1 aromatic carbocycles. The average Bonchev–Trinajstić information content (AvgIpc) is 2.88. The second-order valence-corrected chi connectivity index (χ2v) is 6.16. The maximum atomic E-state index is 11.7. The van der Waals surface area contributed by atoms with E-state index in [0.717, 1.165) is 5.56 Å². The molecule has 0 aromatic heterocycles. The molecule has 1 heterocycles. The first-order valence-electron chi connectivity index (χ1n) is 6.85. The van der Waals surface area contributed by atoms with Crippen molar-refractivity contribution in [2.45, 2.75) is 19.1 Å². The summed E-state index contributed by atoms with van der Waals surface area (Å²) in [6, 6.07) is 5.41. The number of benzene rings is 1. The van der Waals surface area contributed by atoms with E-state index in [-0.39, 0.29) is 17.1 Å². The molecule has 1 fully saturated rings. The molecule has 0 aliphatic carbocycles. The molecular weight excluding hydrogens is 302 g/mol. The number of hydrogen-bond acceptors (Lipinski definition) is 6. The molecule has 1 saturated heterocycles. The van der Waals surface area contributed by atoms with Gasteiger partial charge in [0.25, 0.3) is 0 Å². The highest BCUT2D eigenvalue weighted by atomic mass is 32.2. The van der Waals surface area contributed by atoms with Gasteiger partial charge in [-0.1, -0.05) is 25.6 Å². The highest BCUT2D eigenvalue weighted by molar-refractivity contribution is 8.15. The fraction of sp³-hybridized carbons (Fsp3) is 0.400. The Bertz CT molecular complexity index is 614. The predicted octanol–water partition coefficient (Wildman–Crippen LogP) is 2.28. The predicted molar refractivity (Wildman–Crippen MR) is 88.9 cm³/mol. The Labute approximate surface area is 134 Å². The second kappa shape index (κ2) is 7.31. The summed E-state index contributed by atoms with van der Waals surface area (Å²) < 4.78 is 10.4. The van der Waals surface area contributed by atoms with Crippen LogP contribution in [0.15, 0.2) is 28.4 Å². The van der Waals surface area contributed by atoms with Crippen LogP contribution in [-0.4, -0.2) is 36.8 Å². The van der Waals surface area contributed by atoms with Crippen LogP contribution in [0.4, 0.5) is 0 Å². The Morgan fingerprint density at radius 1 is 1.32 bits per heavy atom.